The first-order chi connectivity index (χ1) is 9.56. The van der Waals surface area contributed by atoms with Gasteiger partial charge in [-0.15, -0.1) is 0 Å². The topological polar surface area (TPSA) is 71.8 Å². The van der Waals surface area contributed by atoms with Crippen molar-refractivity contribution in [3.05, 3.63) is 41.2 Å². The van der Waals surface area contributed by atoms with Crippen molar-refractivity contribution in [2.75, 3.05) is 17.3 Å². The number of nitrogens with two attached hydrogens (primary N) is 1. The quantitative estimate of drug-likeness (QED) is 0.852. The summed E-state index contributed by atoms with van der Waals surface area (Å²) < 4.78 is 1.86. The number of benzene rings is 1. The zero-order chi connectivity index (χ0) is 14.3. The molecule has 0 radical (unpaired) electrons. The van der Waals surface area contributed by atoms with Gasteiger partial charge in [0.25, 0.3) is 0 Å². The van der Waals surface area contributed by atoms with Gasteiger partial charge in [-0.1, -0.05) is 11.3 Å². The largest absolute Gasteiger partial charge is 0.399 e. The Labute approximate surface area is 117 Å². The highest BCUT2D eigenvalue weighted by Crippen LogP contribution is 2.32. The molecule has 1 aliphatic heterocycles. The first-order valence-corrected chi connectivity index (χ1v) is 6.59. The Hall–Kier alpha value is -2.37. The lowest BCUT2D eigenvalue weighted by molar-refractivity contribution is 0.725. The van der Waals surface area contributed by atoms with Crippen LogP contribution in [0.1, 0.15) is 22.9 Å². The van der Waals surface area contributed by atoms with Crippen LogP contribution in [0, 0.1) is 13.8 Å². The molecule has 1 aliphatic rings. The van der Waals surface area contributed by atoms with E-state index >= 15 is 0 Å². The van der Waals surface area contributed by atoms with Crippen LogP contribution in [0.2, 0.25) is 0 Å². The molecular weight excluding hydrogens is 252 g/mol. The number of aromatic nitrogens is 2. The molecule has 0 saturated carbocycles. The van der Waals surface area contributed by atoms with E-state index in [1.54, 1.807) is 0 Å². The Bertz CT molecular complexity index is 672. The Kier molecular flexibility index (Phi) is 2.93. The maximum atomic E-state index is 5.86. The zero-order valence-corrected chi connectivity index (χ0v) is 11.9. The summed E-state index contributed by atoms with van der Waals surface area (Å²) in [5, 5.41) is 14.8. The van der Waals surface area contributed by atoms with Crippen molar-refractivity contribution in [3.63, 3.8) is 0 Å². The molecule has 20 heavy (non-hydrogen) atoms. The SMILES string of the molecule is Cc1ccc(N)cc1N1CC(c2cnn(C)c2C)N=N1. The van der Waals surface area contributed by atoms with Crippen LogP contribution in [0.3, 0.4) is 0 Å². The lowest BCUT2D eigenvalue weighted by atomic mass is 10.1. The lowest BCUT2D eigenvalue weighted by Crippen LogP contribution is -2.17. The summed E-state index contributed by atoms with van der Waals surface area (Å²) in [5.74, 6) is 0. The van der Waals surface area contributed by atoms with Gasteiger partial charge in [0.05, 0.1) is 18.4 Å². The lowest BCUT2D eigenvalue weighted by Gasteiger charge is -2.16. The van der Waals surface area contributed by atoms with E-state index in [4.69, 9.17) is 5.73 Å². The summed E-state index contributed by atoms with van der Waals surface area (Å²) in [7, 11) is 1.94. The number of anilines is 2. The molecule has 6 heteroatoms. The first-order valence-electron chi connectivity index (χ1n) is 6.59. The number of hydrogen-bond acceptors (Lipinski definition) is 5. The van der Waals surface area contributed by atoms with Crippen LogP contribution < -0.4 is 10.7 Å². The minimum Gasteiger partial charge on any atom is -0.399 e. The molecule has 1 aromatic carbocycles. The third kappa shape index (κ3) is 2.03. The van der Waals surface area contributed by atoms with Gasteiger partial charge in [-0.2, -0.15) is 10.2 Å². The Morgan fingerprint density at radius 3 is 2.80 bits per heavy atom. The second-order valence-electron chi connectivity index (χ2n) is 5.16. The van der Waals surface area contributed by atoms with E-state index in [1.807, 2.05) is 55.0 Å². The van der Waals surface area contributed by atoms with Gasteiger partial charge >= 0.3 is 0 Å². The Balaban J connectivity index is 1.86. The molecular formula is C14H18N6. The molecule has 0 spiro atoms. The van der Waals surface area contributed by atoms with E-state index in [0.29, 0.717) is 0 Å². The highest BCUT2D eigenvalue weighted by Gasteiger charge is 2.26. The predicted molar refractivity (Wildman–Crippen MR) is 78.5 cm³/mol. The van der Waals surface area contributed by atoms with Gasteiger partial charge < -0.3 is 5.73 Å². The minimum absolute atomic E-state index is 0.0320. The van der Waals surface area contributed by atoms with Crippen LogP contribution in [0.4, 0.5) is 11.4 Å². The van der Waals surface area contributed by atoms with Crippen molar-refractivity contribution in [1.29, 1.82) is 0 Å². The molecule has 0 fully saturated rings. The third-order valence-electron chi connectivity index (χ3n) is 3.79. The van der Waals surface area contributed by atoms with Crippen molar-refractivity contribution in [3.8, 4) is 0 Å². The molecule has 104 valence electrons. The molecule has 0 bridgehead atoms. The molecule has 2 heterocycles. The van der Waals surface area contributed by atoms with E-state index in [9.17, 15) is 0 Å². The summed E-state index contributed by atoms with van der Waals surface area (Å²) in [6.45, 7) is 4.82. The number of aryl methyl sites for hydroxylation is 2. The van der Waals surface area contributed by atoms with Gasteiger partial charge in [0.2, 0.25) is 0 Å². The smallest absolute Gasteiger partial charge is 0.121 e. The van der Waals surface area contributed by atoms with Crippen LogP contribution >= 0.6 is 0 Å². The number of nitrogens with zero attached hydrogens (tertiary/aromatic N) is 5. The normalized spacial score (nSPS) is 17.9. The van der Waals surface area contributed by atoms with Crippen molar-refractivity contribution in [2.24, 2.45) is 17.4 Å². The summed E-state index contributed by atoms with van der Waals surface area (Å²) in [6, 6.07) is 5.87. The summed E-state index contributed by atoms with van der Waals surface area (Å²) >= 11 is 0. The minimum atomic E-state index is 0.0320. The molecule has 0 saturated heterocycles. The van der Waals surface area contributed by atoms with E-state index in [1.165, 1.54) is 0 Å². The second-order valence-corrected chi connectivity index (χ2v) is 5.16. The van der Waals surface area contributed by atoms with Crippen molar-refractivity contribution >= 4 is 11.4 Å². The van der Waals surface area contributed by atoms with Crippen LogP contribution in [0.5, 0.6) is 0 Å². The number of rotatable bonds is 2. The van der Waals surface area contributed by atoms with Crippen molar-refractivity contribution < 1.29 is 0 Å². The van der Waals surface area contributed by atoms with Gasteiger partial charge in [-0.25, -0.2) is 5.01 Å². The van der Waals surface area contributed by atoms with Crippen molar-refractivity contribution in [1.82, 2.24) is 9.78 Å². The maximum absolute atomic E-state index is 5.86. The Morgan fingerprint density at radius 2 is 2.10 bits per heavy atom. The standard InChI is InChI=1S/C14H18N6/c1-9-4-5-11(15)6-14(9)20-8-13(17-18-20)12-7-16-19(3)10(12)2/h4-7,13H,8,15H2,1-3H3. The van der Waals surface area contributed by atoms with E-state index in [-0.39, 0.29) is 6.04 Å². The molecule has 1 aromatic heterocycles. The number of nitrogen functional groups attached to an aromatic ring is 1. The average Bonchev–Trinajstić information content (AvgIpc) is 3.01. The van der Waals surface area contributed by atoms with Crippen molar-refractivity contribution in [2.45, 2.75) is 19.9 Å². The highest BCUT2D eigenvalue weighted by molar-refractivity contribution is 5.60. The zero-order valence-electron chi connectivity index (χ0n) is 11.9. The summed E-state index contributed by atoms with van der Waals surface area (Å²) in [6.07, 6.45) is 1.87. The molecule has 0 aliphatic carbocycles. The highest BCUT2D eigenvalue weighted by atomic mass is 15.6. The van der Waals surface area contributed by atoms with Crippen LogP contribution in [0.25, 0.3) is 0 Å². The average molecular weight is 270 g/mol. The van der Waals surface area contributed by atoms with Crippen LogP contribution in [-0.2, 0) is 7.05 Å². The second kappa shape index (κ2) is 4.63. The van der Waals surface area contributed by atoms with Crippen LogP contribution in [-0.4, -0.2) is 16.3 Å². The summed E-state index contributed by atoms with van der Waals surface area (Å²) in [4.78, 5) is 0. The summed E-state index contributed by atoms with van der Waals surface area (Å²) in [5.41, 5.74) is 11.0. The Morgan fingerprint density at radius 1 is 1.30 bits per heavy atom. The molecule has 2 aromatic rings. The molecule has 2 N–H and O–H groups in total. The van der Waals surface area contributed by atoms with Gasteiger partial charge in [0.15, 0.2) is 0 Å². The fourth-order valence-electron chi connectivity index (χ4n) is 2.42. The van der Waals surface area contributed by atoms with Gasteiger partial charge in [0, 0.05) is 24.0 Å². The first kappa shape index (κ1) is 12.7. The van der Waals surface area contributed by atoms with E-state index in [0.717, 1.165) is 34.7 Å². The molecule has 1 atom stereocenters. The molecule has 0 amide bonds. The van der Waals surface area contributed by atoms with Gasteiger partial charge in [-0.3, -0.25) is 4.68 Å². The number of hydrogen-bond donors (Lipinski definition) is 1. The van der Waals surface area contributed by atoms with Crippen LogP contribution in [0.15, 0.2) is 34.7 Å². The van der Waals surface area contributed by atoms with E-state index in [2.05, 4.69) is 15.4 Å². The molecule has 1 unspecified atom stereocenters. The monoisotopic (exact) mass is 270 g/mol. The van der Waals surface area contributed by atoms with E-state index < -0.39 is 0 Å². The maximum Gasteiger partial charge on any atom is 0.121 e. The van der Waals surface area contributed by atoms with Gasteiger partial charge in [-0.05, 0) is 31.5 Å². The molecule has 3 rings (SSSR count). The fourth-order valence-corrected chi connectivity index (χ4v) is 2.42. The fraction of sp³-hybridized carbons (Fsp3) is 0.357. The predicted octanol–water partition coefficient (Wildman–Crippen LogP) is 2.55. The van der Waals surface area contributed by atoms with Gasteiger partial charge in [0.1, 0.15) is 6.04 Å². The third-order valence-corrected chi connectivity index (χ3v) is 3.79. The molecule has 6 nitrogen and oxygen atoms in total.